The van der Waals surface area contributed by atoms with Gasteiger partial charge in [-0.1, -0.05) is 17.9 Å². The molecular weight excluding hydrogens is 266 g/mol. The van der Waals surface area contributed by atoms with E-state index in [9.17, 15) is 4.79 Å². The van der Waals surface area contributed by atoms with Gasteiger partial charge in [0.1, 0.15) is 6.61 Å². The third-order valence-electron chi connectivity index (χ3n) is 3.69. The zero-order valence-corrected chi connectivity index (χ0v) is 12.3. The van der Waals surface area contributed by atoms with E-state index in [-0.39, 0.29) is 12.5 Å². The van der Waals surface area contributed by atoms with Gasteiger partial charge in [0.15, 0.2) is 0 Å². The Labute approximate surface area is 125 Å². The van der Waals surface area contributed by atoms with Gasteiger partial charge in [-0.05, 0) is 43.4 Å². The van der Waals surface area contributed by atoms with Crippen molar-refractivity contribution in [1.29, 1.82) is 0 Å². The van der Waals surface area contributed by atoms with Crippen LogP contribution in [0, 0.1) is 24.7 Å². The van der Waals surface area contributed by atoms with Crippen LogP contribution in [0.3, 0.4) is 0 Å². The van der Waals surface area contributed by atoms with Crippen LogP contribution in [0.15, 0.2) is 18.2 Å². The Kier molecular flexibility index (Phi) is 5.79. The SMILES string of the molecule is Cc1ccc(C(=O)NCC2CCOCC2)cc1C#CCO. The van der Waals surface area contributed by atoms with Gasteiger partial charge in [0.05, 0.1) is 0 Å². The lowest BCUT2D eigenvalue weighted by atomic mass is 10.00. The Balaban J connectivity index is 1.98. The molecule has 0 saturated carbocycles. The van der Waals surface area contributed by atoms with Crippen LogP contribution in [-0.2, 0) is 4.74 Å². The van der Waals surface area contributed by atoms with Crippen LogP contribution in [0.1, 0.15) is 34.3 Å². The lowest BCUT2D eigenvalue weighted by Crippen LogP contribution is -2.32. The van der Waals surface area contributed by atoms with E-state index in [1.807, 2.05) is 13.0 Å². The maximum absolute atomic E-state index is 12.2. The van der Waals surface area contributed by atoms with Gasteiger partial charge in [-0.3, -0.25) is 4.79 Å². The summed E-state index contributed by atoms with van der Waals surface area (Å²) in [4.78, 5) is 12.2. The third-order valence-corrected chi connectivity index (χ3v) is 3.69. The van der Waals surface area contributed by atoms with Crippen molar-refractivity contribution < 1.29 is 14.6 Å². The highest BCUT2D eigenvalue weighted by molar-refractivity contribution is 5.94. The van der Waals surface area contributed by atoms with E-state index in [1.165, 1.54) is 0 Å². The fourth-order valence-electron chi connectivity index (χ4n) is 2.32. The van der Waals surface area contributed by atoms with E-state index in [2.05, 4.69) is 17.2 Å². The van der Waals surface area contributed by atoms with Crippen molar-refractivity contribution in [3.63, 3.8) is 0 Å². The summed E-state index contributed by atoms with van der Waals surface area (Å²) < 4.78 is 5.31. The molecule has 1 saturated heterocycles. The van der Waals surface area contributed by atoms with E-state index in [1.54, 1.807) is 12.1 Å². The number of amides is 1. The Morgan fingerprint density at radius 3 is 2.90 bits per heavy atom. The molecular formula is C17H21NO3. The Bertz CT molecular complexity index is 551. The van der Waals surface area contributed by atoms with E-state index in [0.29, 0.717) is 18.0 Å². The standard InChI is InChI=1S/C17H21NO3/c1-13-4-5-16(11-15(13)3-2-8-19)17(20)18-12-14-6-9-21-10-7-14/h4-5,11,14,19H,6-10,12H2,1H3,(H,18,20). The largest absolute Gasteiger partial charge is 0.384 e. The molecule has 0 spiro atoms. The number of aryl methyl sites for hydroxylation is 1. The van der Waals surface area contributed by atoms with Gasteiger partial charge in [0, 0.05) is 30.9 Å². The second kappa shape index (κ2) is 7.82. The predicted octanol–water partition coefficient (Wildman–Crippen LogP) is 1.50. The summed E-state index contributed by atoms with van der Waals surface area (Å²) in [6.45, 7) is 4.01. The maximum atomic E-state index is 12.2. The van der Waals surface area contributed by atoms with Crippen LogP contribution in [0.5, 0.6) is 0 Å². The molecule has 1 fully saturated rings. The van der Waals surface area contributed by atoms with Gasteiger partial charge in [0.25, 0.3) is 5.91 Å². The molecule has 1 aliphatic rings. The first-order chi connectivity index (χ1) is 10.2. The molecule has 0 aliphatic carbocycles. The van der Waals surface area contributed by atoms with Crippen molar-refractivity contribution in [2.75, 3.05) is 26.4 Å². The summed E-state index contributed by atoms with van der Waals surface area (Å²) in [5.74, 6) is 5.91. The number of aliphatic hydroxyl groups excluding tert-OH is 1. The molecule has 0 aromatic heterocycles. The normalized spacial score (nSPS) is 15.1. The quantitative estimate of drug-likeness (QED) is 0.828. The minimum atomic E-state index is -0.181. The van der Waals surface area contributed by atoms with E-state index in [0.717, 1.165) is 37.2 Å². The second-order valence-corrected chi connectivity index (χ2v) is 5.26. The first kappa shape index (κ1) is 15.6. The van der Waals surface area contributed by atoms with Crippen molar-refractivity contribution in [1.82, 2.24) is 5.32 Å². The zero-order chi connectivity index (χ0) is 15.1. The van der Waals surface area contributed by atoms with Crippen molar-refractivity contribution in [3.05, 3.63) is 34.9 Å². The first-order valence-electron chi connectivity index (χ1n) is 7.27. The van der Waals surface area contributed by atoms with Crippen LogP contribution in [0.4, 0.5) is 0 Å². The summed E-state index contributed by atoms with van der Waals surface area (Å²) >= 11 is 0. The molecule has 2 N–H and O–H groups in total. The highest BCUT2D eigenvalue weighted by atomic mass is 16.5. The zero-order valence-electron chi connectivity index (χ0n) is 12.3. The number of benzene rings is 1. The molecule has 4 nitrogen and oxygen atoms in total. The average Bonchev–Trinajstić information content (AvgIpc) is 2.53. The van der Waals surface area contributed by atoms with Crippen LogP contribution in [0.25, 0.3) is 0 Å². The molecule has 1 aromatic rings. The summed E-state index contributed by atoms with van der Waals surface area (Å²) in [7, 11) is 0. The van der Waals surface area contributed by atoms with Crippen LogP contribution >= 0.6 is 0 Å². The number of rotatable bonds is 3. The molecule has 1 aromatic carbocycles. The monoisotopic (exact) mass is 287 g/mol. The van der Waals surface area contributed by atoms with E-state index < -0.39 is 0 Å². The van der Waals surface area contributed by atoms with Gasteiger partial charge < -0.3 is 15.2 Å². The lowest BCUT2D eigenvalue weighted by molar-refractivity contribution is 0.0642. The van der Waals surface area contributed by atoms with E-state index >= 15 is 0 Å². The Morgan fingerprint density at radius 2 is 2.19 bits per heavy atom. The number of ether oxygens (including phenoxy) is 1. The number of nitrogens with one attached hydrogen (secondary N) is 1. The second-order valence-electron chi connectivity index (χ2n) is 5.26. The summed E-state index contributed by atoms with van der Waals surface area (Å²) in [6, 6.07) is 5.46. The number of carbonyl (C=O) groups excluding carboxylic acids is 1. The molecule has 4 heteroatoms. The fraction of sp³-hybridized carbons (Fsp3) is 0.471. The van der Waals surface area contributed by atoms with Crippen LogP contribution < -0.4 is 5.32 Å². The number of hydrogen-bond donors (Lipinski definition) is 2. The van der Waals surface area contributed by atoms with Crippen molar-refractivity contribution in [2.45, 2.75) is 19.8 Å². The minimum absolute atomic E-state index is 0.0754. The average molecular weight is 287 g/mol. The third kappa shape index (κ3) is 4.59. The summed E-state index contributed by atoms with van der Waals surface area (Å²) in [6.07, 6.45) is 2.00. The molecule has 1 heterocycles. The molecule has 2 rings (SSSR count). The molecule has 0 radical (unpaired) electrons. The summed E-state index contributed by atoms with van der Waals surface area (Å²) in [5.41, 5.74) is 2.38. The molecule has 0 unspecified atom stereocenters. The van der Waals surface area contributed by atoms with Crippen molar-refractivity contribution in [2.24, 2.45) is 5.92 Å². The topological polar surface area (TPSA) is 58.6 Å². The van der Waals surface area contributed by atoms with Crippen LogP contribution in [-0.4, -0.2) is 37.4 Å². The maximum Gasteiger partial charge on any atom is 0.251 e. The minimum Gasteiger partial charge on any atom is -0.384 e. The number of aliphatic hydroxyl groups is 1. The van der Waals surface area contributed by atoms with Crippen LogP contribution in [0.2, 0.25) is 0 Å². The van der Waals surface area contributed by atoms with Crippen molar-refractivity contribution in [3.8, 4) is 11.8 Å². The smallest absolute Gasteiger partial charge is 0.251 e. The van der Waals surface area contributed by atoms with Gasteiger partial charge >= 0.3 is 0 Å². The lowest BCUT2D eigenvalue weighted by Gasteiger charge is -2.22. The fourth-order valence-corrected chi connectivity index (χ4v) is 2.32. The number of carbonyl (C=O) groups is 1. The van der Waals surface area contributed by atoms with Gasteiger partial charge in [-0.25, -0.2) is 0 Å². The van der Waals surface area contributed by atoms with Gasteiger partial charge in [-0.15, -0.1) is 0 Å². The molecule has 0 atom stereocenters. The molecule has 112 valence electrons. The summed E-state index contributed by atoms with van der Waals surface area (Å²) in [5, 5.41) is 11.7. The van der Waals surface area contributed by atoms with Crippen molar-refractivity contribution >= 4 is 5.91 Å². The first-order valence-corrected chi connectivity index (χ1v) is 7.27. The predicted molar refractivity (Wildman–Crippen MR) is 81.0 cm³/mol. The molecule has 21 heavy (non-hydrogen) atoms. The molecule has 1 amide bonds. The van der Waals surface area contributed by atoms with Gasteiger partial charge in [0.2, 0.25) is 0 Å². The molecule has 1 aliphatic heterocycles. The Hall–Kier alpha value is -1.83. The van der Waals surface area contributed by atoms with E-state index in [4.69, 9.17) is 9.84 Å². The highest BCUT2D eigenvalue weighted by Gasteiger charge is 2.15. The number of hydrogen-bond acceptors (Lipinski definition) is 3. The Morgan fingerprint density at radius 1 is 1.43 bits per heavy atom. The highest BCUT2D eigenvalue weighted by Crippen LogP contribution is 2.14. The van der Waals surface area contributed by atoms with Gasteiger partial charge in [-0.2, -0.15) is 0 Å². The molecule has 0 bridgehead atoms.